The van der Waals surface area contributed by atoms with Crippen molar-refractivity contribution in [2.75, 3.05) is 31.9 Å². The Balaban J connectivity index is 1.51. The van der Waals surface area contributed by atoms with Crippen molar-refractivity contribution in [3.8, 4) is 0 Å². The summed E-state index contributed by atoms with van der Waals surface area (Å²) >= 11 is 1.38. The standard InChI is InChI=1S/C19H24N4O3S2/c1-15-12-18(21-16(2)20-15)27-13-19(24)22-8-10-23(11-9-22)28(25,26)14-17-6-4-3-5-7-17/h3-7,12H,8-11,13-14H2,1-2H3. The second kappa shape index (κ2) is 9.02. The van der Waals surface area contributed by atoms with Crippen molar-refractivity contribution in [1.29, 1.82) is 0 Å². The number of carbonyl (C=O) groups excluding carboxylic acids is 1. The molecular formula is C19H24N4O3S2. The number of nitrogens with zero attached hydrogens (tertiary/aromatic N) is 4. The van der Waals surface area contributed by atoms with E-state index >= 15 is 0 Å². The van der Waals surface area contributed by atoms with Gasteiger partial charge in [-0.1, -0.05) is 42.1 Å². The average molecular weight is 421 g/mol. The van der Waals surface area contributed by atoms with Gasteiger partial charge in [0.15, 0.2) is 0 Å². The Kier molecular flexibility index (Phi) is 6.69. The van der Waals surface area contributed by atoms with Crippen LogP contribution in [0, 0.1) is 13.8 Å². The van der Waals surface area contributed by atoms with Crippen LogP contribution in [-0.4, -0.2) is 65.4 Å². The molecule has 1 amide bonds. The van der Waals surface area contributed by atoms with Gasteiger partial charge < -0.3 is 4.90 Å². The molecule has 28 heavy (non-hydrogen) atoms. The van der Waals surface area contributed by atoms with E-state index in [1.807, 2.05) is 50.2 Å². The Morgan fingerprint density at radius 3 is 2.39 bits per heavy atom. The van der Waals surface area contributed by atoms with Crippen LogP contribution in [0.4, 0.5) is 0 Å². The summed E-state index contributed by atoms with van der Waals surface area (Å²) in [4.78, 5) is 22.8. The van der Waals surface area contributed by atoms with Gasteiger partial charge in [0, 0.05) is 31.9 Å². The second-order valence-electron chi connectivity index (χ2n) is 6.71. The zero-order chi connectivity index (χ0) is 20.1. The predicted molar refractivity (Wildman–Crippen MR) is 109 cm³/mol. The lowest BCUT2D eigenvalue weighted by Gasteiger charge is -2.34. The van der Waals surface area contributed by atoms with Crippen molar-refractivity contribution in [2.45, 2.75) is 24.6 Å². The maximum absolute atomic E-state index is 12.6. The van der Waals surface area contributed by atoms with Gasteiger partial charge in [0.1, 0.15) is 10.9 Å². The maximum atomic E-state index is 12.6. The van der Waals surface area contributed by atoms with Crippen LogP contribution in [0.2, 0.25) is 0 Å². The highest BCUT2D eigenvalue weighted by atomic mass is 32.2. The van der Waals surface area contributed by atoms with Gasteiger partial charge in [-0.25, -0.2) is 18.4 Å². The third-order valence-electron chi connectivity index (χ3n) is 4.46. The van der Waals surface area contributed by atoms with Crippen LogP contribution < -0.4 is 0 Å². The van der Waals surface area contributed by atoms with Crippen LogP contribution in [0.1, 0.15) is 17.1 Å². The number of hydrogen-bond acceptors (Lipinski definition) is 6. The predicted octanol–water partition coefficient (Wildman–Crippen LogP) is 1.86. The molecule has 2 aromatic rings. The summed E-state index contributed by atoms with van der Waals surface area (Å²) in [6.07, 6.45) is 0. The van der Waals surface area contributed by atoms with Crippen molar-refractivity contribution in [3.05, 3.63) is 53.5 Å². The number of carbonyl (C=O) groups is 1. The highest BCUT2D eigenvalue weighted by Crippen LogP contribution is 2.18. The van der Waals surface area contributed by atoms with Crippen molar-refractivity contribution < 1.29 is 13.2 Å². The van der Waals surface area contributed by atoms with E-state index in [0.29, 0.717) is 32.0 Å². The molecule has 1 aliphatic heterocycles. The highest BCUT2D eigenvalue weighted by Gasteiger charge is 2.28. The van der Waals surface area contributed by atoms with E-state index in [1.165, 1.54) is 16.1 Å². The first kappa shape index (κ1) is 20.8. The van der Waals surface area contributed by atoms with Gasteiger partial charge in [0.2, 0.25) is 15.9 Å². The van der Waals surface area contributed by atoms with Crippen molar-refractivity contribution in [1.82, 2.24) is 19.2 Å². The zero-order valence-corrected chi connectivity index (χ0v) is 17.7. The molecule has 0 bridgehead atoms. The topological polar surface area (TPSA) is 83.5 Å². The number of sulfonamides is 1. The quantitative estimate of drug-likeness (QED) is 0.524. The Morgan fingerprint density at radius 1 is 1.07 bits per heavy atom. The molecule has 0 unspecified atom stereocenters. The zero-order valence-electron chi connectivity index (χ0n) is 16.0. The van der Waals surface area contributed by atoms with Crippen LogP contribution in [0.15, 0.2) is 41.4 Å². The molecule has 0 radical (unpaired) electrons. The number of benzene rings is 1. The van der Waals surface area contributed by atoms with Crippen LogP contribution in [0.25, 0.3) is 0 Å². The molecule has 0 saturated carbocycles. The molecular weight excluding hydrogens is 396 g/mol. The molecule has 1 aromatic carbocycles. The first-order valence-corrected chi connectivity index (χ1v) is 11.7. The molecule has 7 nitrogen and oxygen atoms in total. The van der Waals surface area contributed by atoms with Gasteiger partial charge in [0.05, 0.1) is 11.5 Å². The van der Waals surface area contributed by atoms with E-state index in [1.54, 1.807) is 4.90 Å². The number of thioether (sulfide) groups is 1. The molecule has 0 aliphatic carbocycles. The monoisotopic (exact) mass is 420 g/mol. The number of hydrogen-bond donors (Lipinski definition) is 0. The first-order chi connectivity index (χ1) is 13.3. The number of rotatable bonds is 6. The van der Waals surface area contributed by atoms with E-state index in [0.717, 1.165) is 16.3 Å². The van der Waals surface area contributed by atoms with Crippen LogP contribution >= 0.6 is 11.8 Å². The Morgan fingerprint density at radius 2 is 1.75 bits per heavy atom. The Bertz CT molecular complexity index is 907. The minimum Gasteiger partial charge on any atom is -0.339 e. The van der Waals surface area contributed by atoms with Gasteiger partial charge in [-0.2, -0.15) is 4.31 Å². The third-order valence-corrected chi connectivity index (χ3v) is 7.21. The molecule has 2 heterocycles. The molecule has 0 spiro atoms. The molecule has 3 rings (SSSR count). The first-order valence-electron chi connectivity index (χ1n) is 9.08. The number of aryl methyl sites for hydroxylation is 2. The summed E-state index contributed by atoms with van der Waals surface area (Å²) in [6.45, 7) is 5.21. The molecule has 9 heteroatoms. The lowest BCUT2D eigenvalue weighted by Crippen LogP contribution is -2.51. The van der Waals surface area contributed by atoms with Crippen molar-refractivity contribution >= 4 is 27.7 Å². The Hall–Kier alpha value is -1.97. The fourth-order valence-corrected chi connectivity index (χ4v) is 5.50. The lowest BCUT2D eigenvalue weighted by atomic mass is 10.2. The largest absolute Gasteiger partial charge is 0.339 e. The van der Waals surface area contributed by atoms with Gasteiger partial charge >= 0.3 is 0 Å². The number of aromatic nitrogens is 2. The summed E-state index contributed by atoms with van der Waals surface area (Å²) in [6, 6.07) is 11.0. The fraction of sp³-hybridized carbons (Fsp3) is 0.421. The van der Waals surface area contributed by atoms with Crippen LogP contribution in [0.5, 0.6) is 0 Å². The molecule has 0 N–H and O–H groups in total. The molecule has 1 aromatic heterocycles. The molecule has 0 atom stereocenters. The maximum Gasteiger partial charge on any atom is 0.233 e. The van der Waals surface area contributed by atoms with Gasteiger partial charge in [-0.15, -0.1) is 0 Å². The fourth-order valence-electron chi connectivity index (χ4n) is 3.08. The Labute approximate surface area is 170 Å². The minimum absolute atomic E-state index is 0.000902. The van der Waals surface area contributed by atoms with E-state index in [9.17, 15) is 13.2 Å². The van der Waals surface area contributed by atoms with E-state index < -0.39 is 10.0 Å². The van der Waals surface area contributed by atoms with Crippen molar-refractivity contribution in [2.24, 2.45) is 0 Å². The van der Waals surface area contributed by atoms with Crippen molar-refractivity contribution in [3.63, 3.8) is 0 Å². The molecule has 1 saturated heterocycles. The number of amides is 1. The molecule has 150 valence electrons. The summed E-state index contributed by atoms with van der Waals surface area (Å²) < 4.78 is 26.7. The summed E-state index contributed by atoms with van der Waals surface area (Å²) in [5.74, 6) is 0.961. The van der Waals surface area contributed by atoms with Gasteiger partial charge in [-0.05, 0) is 25.5 Å². The third kappa shape index (κ3) is 5.52. The minimum atomic E-state index is -3.38. The average Bonchev–Trinajstić information content (AvgIpc) is 2.66. The van der Waals surface area contributed by atoms with Gasteiger partial charge in [-0.3, -0.25) is 4.79 Å². The molecule has 1 fully saturated rings. The lowest BCUT2D eigenvalue weighted by molar-refractivity contribution is -0.129. The second-order valence-corrected chi connectivity index (χ2v) is 9.67. The SMILES string of the molecule is Cc1cc(SCC(=O)N2CCN(S(=O)(=O)Cc3ccccc3)CC2)nc(C)n1. The summed E-state index contributed by atoms with van der Waals surface area (Å²) in [7, 11) is -3.38. The van der Waals surface area contributed by atoms with Crippen LogP contribution in [0.3, 0.4) is 0 Å². The molecule has 1 aliphatic rings. The van der Waals surface area contributed by atoms with Gasteiger partial charge in [0.25, 0.3) is 0 Å². The highest BCUT2D eigenvalue weighted by molar-refractivity contribution is 7.99. The van der Waals surface area contributed by atoms with E-state index in [-0.39, 0.29) is 17.4 Å². The summed E-state index contributed by atoms with van der Waals surface area (Å²) in [5.41, 5.74) is 1.65. The van der Waals surface area contributed by atoms with Crippen LogP contribution in [-0.2, 0) is 20.6 Å². The summed E-state index contributed by atoms with van der Waals surface area (Å²) in [5, 5.41) is 0.780. The van der Waals surface area contributed by atoms with E-state index in [2.05, 4.69) is 9.97 Å². The number of piperazine rings is 1. The van der Waals surface area contributed by atoms with E-state index in [4.69, 9.17) is 0 Å². The smallest absolute Gasteiger partial charge is 0.233 e. The normalized spacial score (nSPS) is 15.6.